The Bertz CT molecular complexity index is 879. The van der Waals surface area contributed by atoms with E-state index in [-0.39, 0.29) is 5.91 Å². The summed E-state index contributed by atoms with van der Waals surface area (Å²) < 4.78 is 3.47. The van der Waals surface area contributed by atoms with Crippen LogP contribution in [0.3, 0.4) is 0 Å². The largest absolute Gasteiger partial charge is 0.319 e. The van der Waals surface area contributed by atoms with E-state index in [2.05, 4.69) is 15.5 Å². The zero-order valence-corrected chi connectivity index (χ0v) is 14.5. The maximum atomic E-state index is 12.4. The fourth-order valence-corrected chi connectivity index (χ4v) is 2.62. The van der Waals surface area contributed by atoms with Crippen molar-refractivity contribution in [3.8, 4) is 0 Å². The lowest BCUT2D eigenvalue weighted by atomic mass is 10.1. The molecule has 0 aliphatic rings. The van der Waals surface area contributed by atoms with E-state index in [1.807, 2.05) is 45.0 Å². The van der Waals surface area contributed by atoms with Gasteiger partial charge < -0.3 is 5.32 Å². The number of anilines is 1. The highest BCUT2D eigenvalue weighted by molar-refractivity contribution is 6.30. The van der Waals surface area contributed by atoms with Gasteiger partial charge in [-0.3, -0.25) is 4.79 Å². The van der Waals surface area contributed by atoms with Crippen LogP contribution in [-0.4, -0.2) is 25.5 Å². The van der Waals surface area contributed by atoms with Crippen molar-refractivity contribution in [3.05, 3.63) is 64.2 Å². The summed E-state index contributed by atoms with van der Waals surface area (Å²) in [6.07, 6.45) is 3.30. The molecular weight excluding hydrogens is 326 g/mol. The maximum Gasteiger partial charge on any atom is 0.255 e. The standard InChI is InChI=1S/C17H18ClN5O/c1-11-4-6-14(7-5-11)17(24)20-16-12(2)21-23(13(16)3)10-22-9-15(18)8-19-22/h4-9H,10H2,1-3H3,(H,20,24). The topological polar surface area (TPSA) is 64.7 Å². The molecule has 0 bridgehead atoms. The van der Waals surface area contributed by atoms with E-state index in [1.165, 1.54) is 0 Å². The highest BCUT2D eigenvalue weighted by atomic mass is 35.5. The SMILES string of the molecule is Cc1ccc(C(=O)Nc2c(C)nn(Cn3cc(Cl)cn3)c2C)cc1. The number of halogens is 1. The Morgan fingerprint density at radius 3 is 2.54 bits per heavy atom. The van der Waals surface area contributed by atoms with Crippen molar-refractivity contribution in [1.29, 1.82) is 0 Å². The van der Waals surface area contributed by atoms with Crippen LogP contribution in [0.5, 0.6) is 0 Å². The molecular formula is C17H18ClN5O. The zero-order chi connectivity index (χ0) is 17.3. The van der Waals surface area contributed by atoms with Crippen LogP contribution >= 0.6 is 11.6 Å². The summed E-state index contributed by atoms with van der Waals surface area (Å²) in [6, 6.07) is 7.45. The van der Waals surface area contributed by atoms with Crippen LogP contribution in [0.4, 0.5) is 5.69 Å². The third kappa shape index (κ3) is 3.33. The molecule has 0 unspecified atom stereocenters. The first-order valence-corrected chi connectivity index (χ1v) is 7.92. The Kier molecular flexibility index (Phi) is 4.40. The zero-order valence-electron chi connectivity index (χ0n) is 13.7. The highest BCUT2D eigenvalue weighted by Crippen LogP contribution is 2.20. The van der Waals surface area contributed by atoms with E-state index < -0.39 is 0 Å². The average Bonchev–Trinajstić information content (AvgIpc) is 3.06. The minimum Gasteiger partial charge on any atom is -0.319 e. The van der Waals surface area contributed by atoms with Crippen molar-refractivity contribution in [2.75, 3.05) is 5.32 Å². The first kappa shape index (κ1) is 16.3. The number of rotatable bonds is 4. The highest BCUT2D eigenvalue weighted by Gasteiger charge is 2.15. The third-order valence-electron chi connectivity index (χ3n) is 3.81. The van der Waals surface area contributed by atoms with Gasteiger partial charge in [-0.2, -0.15) is 10.2 Å². The number of nitrogens with zero attached hydrogens (tertiary/aromatic N) is 4. The Balaban J connectivity index is 1.81. The monoisotopic (exact) mass is 343 g/mol. The molecule has 0 aliphatic carbocycles. The number of nitrogens with one attached hydrogen (secondary N) is 1. The third-order valence-corrected chi connectivity index (χ3v) is 4.01. The number of hydrogen-bond donors (Lipinski definition) is 1. The molecule has 0 aliphatic heterocycles. The van der Waals surface area contributed by atoms with E-state index in [0.717, 1.165) is 22.6 Å². The van der Waals surface area contributed by atoms with Crippen LogP contribution in [0.25, 0.3) is 0 Å². The van der Waals surface area contributed by atoms with E-state index in [0.29, 0.717) is 17.3 Å². The summed E-state index contributed by atoms with van der Waals surface area (Å²) in [7, 11) is 0. The summed E-state index contributed by atoms with van der Waals surface area (Å²) in [5.41, 5.74) is 4.07. The van der Waals surface area contributed by atoms with Crippen LogP contribution in [-0.2, 0) is 6.67 Å². The van der Waals surface area contributed by atoms with E-state index in [1.54, 1.807) is 21.8 Å². The van der Waals surface area contributed by atoms with Crippen LogP contribution in [0.1, 0.15) is 27.3 Å². The number of amides is 1. The molecule has 0 atom stereocenters. The molecule has 7 heteroatoms. The molecule has 1 aromatic carbocycles. The molecule has 0 radical (unpaired) electrons. The number of carbonyl (C=O) groups excluding carboxylic acids is 1. The lowest BCUT2D eigenvalue weighted by molar-refractivity contribution is 0.102. The maximum absolute atomic E-state index is 12.4. The van der Waals surface area contributed by atoms with Gasteiger partial charge in [-0.25, -0.2) is 9.36 Å². The molecule has 1 N–H and O–H groups in total. The predicted molar refractivity (Wildman–Crippen MR) is 93.5 cm³/mol. The molecule has 24 heavy (non-hydrogen) atoms. The van der Waals surface area contributed by atoms with E-state index >= 15 is 0 Å². The number of hydrogen-bond acceptors (Lipinski definition) is 3. The molecule has 2 aromatic heterocycles. The molecule has 1 amide bonds. The predicted octanol–water partition coefficient (Wildman–Crippen LogP) is 3.42. The summed E-state index contributed by atoms with van der Waals surface area (Å²) in [6.45, 7) is 6.20. The second-order valence-electron chi connectivity index (χ2n) is 5.70. The molecule has 0 fully saturated rings. The van der Waals surface area contributed by atoms with Crippen molar-refractivity contribution < 1.29 is 4.79 Å². The normalized spacial score (nSPS) is 10.8. The second kappa shape index (κ2) is 6.49. The molecule has 0 saturated carbocycles. The Morgan fingerprint density at radius 2 is 1.92 bits per heavy atom. The molecule has 3 aromatic rings. The first-order chi connectivity index (χ1) is 11.4. The summed E-state index contributed by atoms with van der Waals surface area (Å²) in [4.78, 5) is 12.4. The molecule has 0 spiro atoms. The van der Waals surface area contributed by atoms with Crippen LogP contribution in [0, 0.1) is 20.8 Å². The Labute approximate surface area is 145 Å². The minimum absolute atomic E-state index is 0.150. The van der Waals surface area contributed by atoms with Gasteiger partial charge in [-0.15, -0.1) is 0 Å². The number of carbonyl (C=O) groups is 1. The fourth-order valence-electron chi connectivity index (χ4n) is 2.46. The van der Waals surface area contributed by atoms with Gasteiger partial charge in [-0.05, 0) is 32.9 Å². The molecule has 6 nitrogen and oxygen atoms in total. The quantitative estimate of drug-likeness (QED) is 0.789. The molecule has 0 saturated heterocycles. The summed E-state index contributed by atoms with van der Waals surface area (Å²) in [5, 5.41) is 12.1. The van der Waals surface area contributed by atoms with Crippen LogP contribution < -0.4 is 5.32 Å². The van der Waals surface area contributed by atoms with Crippen LogP contribution in [0.15, 0.2) is 36.7 Å². The fraction of sp³-hybridized carbons (Fsp3) is 0.235. The Hall–Kier alpha value is -2.60. The van der Waals surface area contributed by atoms with E-state index in [4.69, 9.17) is 11.6 Å². The number of aromatic nitrogens is 4. The molecule has 3 rings (SSSR count). The van der Waals surface area contributed by atoms with Crippen molar-refractivity contribution >= 4 is 23.2 Å². The smallest absolute Gasteiger partial charge is 0.255 e. The molecule has 124 valence electrons. The van der Waals surface area contributed by atoms with Gasteiger partial charge in [0.2, 0.25) is 0 Å². The van der Waals surface area contributed by atoms with Gasteiger partial charge >= 0.3 is 0 Å². The number of aryl methyl sites for hydroxylation is 2. The minimum atomic E-state index is -0.150. The second-order valence-corrected chi connectivity index (χ2v) is 6.14. The van der Waals surface area contributed by atoms with Gasteiger partial charge in [0.15, 0.2) is 0 Å². The molecule has 2 heterocycles. The lowest BCUT2D eigenvalue weighted by Gasteiger charge is -2.07. The van der Waals surface area contributed by atoms with Gasteiger partial charge in [-0.1, -0.05) is 29.3 Å². The van der Waals surface area contributed by atoms with Crippen molar-refractivity contribution in [2.45, 2.75) is 27.4 Å². The van der Waals surface area contributed by atoms with Gasteiger partial charge in [0.25, 0.3) is 5.91 Å². The van der Waals surface area contributed by atoms with E-state index in [9.17, 15) is 4.79 Å². The van der Waals surface area contributed by atoms with Crippen LogP contribution in [0.2, 0.25) is 5.02 Å². The Morgan fingerprint density at radius 1 is 1.21 bits per heavy atom. The van der Waals surface area contributed by atoms with Gasteiger partial charge in [0.1, 0.15) is 6.67 Å². The lowest BCUT2D eigenvalue weighted by Crippen LogP contribution is -2.14. The van der Waals surface area contributed by atoms with Gasteiger partial charge in [0, 0.05) is 11.8 Å². The summed E-state index contributed by atoms with van der Waals surface area (Å²) in [5.74, 6) is -0.150. The number of benzene rings is 1. The van der Waals surface area contributed by atoms with Crippen molar-refractivity contribution in [1.82, 2.24) is 19.6 Å². The van der Waals surface area contributed by atoms with Crippen molar-refractivity contribution in [2.24, 2.45) is 0 Å². The average molecular weight is 344 g/mol. The van der Waals surface area contributed by atoms with Gasteiger partial charge in [0.05, 0.1) is 28.3 Å². The first-order valence-electron chi connectivity index (χ1n) is 7.54. The summed E-state index contributed by atoms with van der Waals surface area (Å²) >= 11 is 5.88. The van der Waals surface area contributed by atoms with Crippen molar-refractivity contribution in [3.63, 3.8) is 0 Å².